The fourth-order valence-electron chi connectivity index (χ4n) is 3.53. The van der Waals surface area contributed by atoms with Gasteiger partial charge in [0.05, 0.1) is 0 Å². The van der Waals surface area contributed by atoms with Crippen molar-refractivity contribution < 1.29 is 14.7 Å². The Kier molecular flexibility index (Phi) is 5.45. The number of amides is 2. The topological polar surface area (TPSA) is 64.1 Å². The number of hydrogen-bond donors (Lipinski definition) is 1. The molecule has 0 aromatic heterocycles. The number of piperidine rings is 1. The summed E-state index contributed by atoms with van der Waals surface area (Å²) in [6.45, 7) is 4.30. The molecule has 0 spiro atoms. The number of likely N-dealkylation sites (tertiary alicyclic amines) is 2. The highest BCUT2D eigenvalue weighted by molar-refractivity contribution is 5.74. The van der Waals surface area contributed by atoms with Crippen LogP contribution >= 0.6 is 0 Å². The molecule has 21 heavy (non-hydrogen) atoms. The molecule has 1 N–H and O–H groups in total. The van der Waals surface area contributed by atoms with Crippen LogP contribution in [0.15, 0.2) is 0 Å². The molecule has 2 unspecified atom stereocenters. The molecule has 2 aliphatic heterocycles. The molecular weight excluding hydrogens is 270 g/mol. The minimum atomic E-state index is -0.767. The summed E-state index contributed by atoms with van der Waals surface area (Å²) in [5.41, 5.74) is 0. The second-order valence-electron chi connectivity index (χ2n) is 6.63. The summed E-state index contributed by atoms with van der Waals surface area (Å²) in [6, 6.07) is 0.0552. The molecule has 0 aromatic carbocycles. The summed E-state index contributed by atoms with van der Waals surface area (Å²) in [7, 11) is 3.98. The predicted molar refractivity (Wildman–Crippen MR) is 80.2 cm³/mol. The third-order valence-corrected chi connectivity index (χ3v) is 4.60. The molecule has 6 heteroatoms. The van der Waals surface area contributed by atoms with Gasteiger partial charge in [-0.1, -0.05) is 0 Å². The van der Waals surface area contributed by atoms with Crippen molar-refractivity contribution in [3.05, 3.63) is 0 Å². The number of carboxylic acid groups (broad SMARTS) is 1. The van der Waals surface area contributed by atoms with Crippen LogP contribution in [0.25, 0.3) is 0 Å². The zero-order valence-corrected chi connectivity index (χ0v) is 13.1. The first kappa shape index (κ1) is 16.1. The lowest BCUT2D eigenvalue weighted by Gasteiger charge is -2.35. The van der Waals surface area contributed by atoms with Gasteiger partial charge in [0.1, 0.15) is 0 Å². The SMILES string of the molecule is CN1CCC(CN(C)C(=O)N2CCCC(CC(=O)O)C2)C1. The Hall–Kier alpha value is -1.30. The van der Waals surface area contributed by atoms with Crippen LogP contribution < -0.4 is 0 Å². The van der Waals surface area contributed by atoms with Crippen molar-refractivity contribution in [2.45, 2.75) is 25.7 Å². The summed E-state index contributed by atoms with van der Waals surface area (Å²) in [6.07, 6.45) is 3.13. The van der Waals surface area contributed by atoms with Crippen molar-refractivity contribution in [3.8, 4) is 0 Å². The predicted octanol–water partition coefficient (Wildman–Crippen LogP) is 1.18. The summed E-state index contributed by atoms with van der Waals surface area (Å²) in [4.78, 5) is 29.2. The maximum Gasteiger partial charge on any atom is 0.319 e. The lowest BCUT2D eigenvalue weighted by atomic mass is 9.95. The molecule has 2 aliphatic rings. The van der Waals surface area contributed by atoms with Gasteiger partial charge in [-0.25, -0.2) is 4.79 Å². The molecule has 2 saturated heterocycles. The maximum absolute atomic E-state index is 12.5. The first-order chi connectivity index (χ1) is 9.95. The van der Waals surface area contributed by atoms with E-state index in [0.29, 0.717) is 12.5 Å². The van der Waals surface area contributed by atoms with Gasteiger partial charge in [0.25, 0.3) is 0 Å². The van der Waals surface area contributed by atoms with E-state index in [9.17, 15) is 9.59 Å². The number of urea groups is 1. The normalized spacial score (nSPS) is 26.9. The molecule has 2 heterocycles. The zero-order chi connectivity index (χ0) is 15.4. The molecule has 6 nitrogen and oxygen atoms in total. The molecule has 2 fully saturated rings. The number of hydrogen-bond acceptors (Lipinski definition) is 3. The van der Waals surface area contributed by atoms with Crippen LogP contribution in [0.3, 0.4) is 0 Å². The fourth-order valence-corrected chi connectivity index (χ4v) is 3.53. The van der Waals surface area contributed by atoms with Gasteiger partial charge in [0.15, 0.2) is 0 Å². The molecule has 2 atom stereocenters. The molecule has 2 rings (SSSR count). The third kappa shape index (κ3) is 4.59. The minimum Gasteiger partial charge on any atom is -0.481 e. The Morgan fingerprint density at radius 1 is 1.19 bits per heavy atom. The molecule has 0 bridgehead atoms. The van der Waals surface area contributed by atoms with E-state index in [2.05, 4.69) is 11.9 Å². The zero-order valence-electron chi connectivity index (χ0n) is 13.1. The molecule has 0 aliphatic carbocycles. The number of carbonyl (C=O) groups excluding carboxylic acids is 1. The van der Waals surface area contributed by atoms with Crippen molar-refractivity contribution in [2.24, 2.45) is 11.8 Å². The second-order valence-corrected chi connectivity index (χ2v) is 6.63. The molecule has 0 radical (unpaired) electrons. The second kappa shape index (κ2) is 7.11. The Morgan fingerprint density at radius 2 is 1.95 bits per heavy atom. The molecular formula is C15H27N3O3. The van der Waals surface area contributed by atoms with E-state index in [0.717, 1.165) is 45.4 Å². The first-order valence-electron chi connectivity index (χ1n) is 7.86. The Balaban J connectivity index is 1.82. The van der Waals surface area contributed by atoms with E-state index in [1.165, 1.54) is 0 Å². The standard InChI is InChI=1S/C15H27N3O3/c1-16-7-5-13(9-16)10-17(2)15(21)18-6-3-4-12(11-18)8-14(19)20/h12-13H,3-11H2,1-2H3,(H,19,20). The van der Waals surface area contributed by atoms with Gasteiger partial charge in [-0.3, -0.25) is 4.79 Å². The van der Waals surface area contributed by atoms with Crippen molar-refractivity contribution in [3.63, 3.8) is 0 Å². The van der Waals surface area contributed by atoms with Crippen LogP contribution in [0.4, 0.5) is 4.79 Å². The Labute approximate surface area is 126 Å². The molecule has 0 aromatic rings. The summed E-state index contributed by atoms with van der Waals surface area (Å²) in [5, 5.41) is 8.90. The van der Waals surface area contributed by atoms with Crippen molar-refractivity contribution in [1.82, 2.24) is 14.7 Å². The van der Waals surface area contributed by atoms with Crippen LogP contribution in [0.5, 0.6) is 0 Å². The van der Waals surface area contributed by atoms with E-state index < -0.39 is 5.97 Å². The highest BCUT2D eigenvalue weighted by Gasteiger charge is 2.29. The summed E-state index contributed by atoms with van der Waals surface area (Å²) < 4.78 is 0. The van der Waals surface area contributed by atoms with Crippen LogP contribution in [-0.2, 0) is 4.79 Å². The Morgan fingerprint density at radius 3 is 2.57 bits per heavy atom. The fraction of sp³-hybridized carbons (Fsp3) is 0.867. The van der Waals surface area contributed by atoms with Gasteiger partial charge in [-0.2, -0.15) is 0 Å². The van der Waals surface area contributed by atoms with Gasteiger partial charge in [-0.15, -0.1) is 0 Å². The third-order valence-electron chi connectivity index (χ3n) is 4.60. The highest BCUT2D eigenvalue weighted by Crippen LogP contribution is 2.21. The van der Waals surface area contributed by atoms with Gasteiger partial charge in [0, 0.05) is 39.6 Å². The first-order valence-corrected chi connectivity index (χ1v) is 7.86. The van der Waals surface area contributed by atoms with Gasteiger partial charge >= 0.3 is 12.0 Å². The van der Waals surface area contributed by atoms with E-state index in [1.54, 1.807) is 0 Å². The van der Waals surface area contributed by atoms with Crippen molar-refractivity contribution >= 4 is 12.0 Å². The molecule has 120 valence electrons. The van der Waals surface area contributed by atoms with Crippen LogP contribution in [-0.4, -0.2) is 78.6 Å². The molecule has 0 saturated carbocycles. The number of aliphatic carboxylic acids is 1. The van der Waals surface area contributed by atoms with Gasteiger partial charge in [0.2, 0.25) is 0 Å². The largest absolute Gasteiger partial charge is 0.481 e. The average Bonchev–Trinajstić information content (AvgIpc) is 2.82. The van der Waals surface area contributed by atoms with Gasteiger partial charge < -0.3 is 19.8 Å². The van der Waals surface area contributed by atoms with E-state index in [1.807, 2.05) is 16.8 Å². The molecule has 2 amide bonds. The average molecular weight is 297 g/mol. The van der Waals surface area contributed by atoms with E-state index in [-0.39, 0.29) is 18.4 Å². The van der Waals surface area contributed by atoms with Crippen LogP contribution in [0.2, 0.25) is 0 Å². The minimum absolute atomic E-state index is 0.0552. The number of rotatable bonds is 4. The summed E-state index contributed by atoms with van der Waals surface area (Å²) >= 11 is 0. The number of carboxylic acids is 1. The summed E-state index contributed by atoms with van der Waals surface area (Å²) in [5.74, 6) is -0.105. The smallest absolute Gasteiger partial charge is 0.319 e. The van der Waals surface area contributed by atoms with Crippen molar-refractivity contribution in [2.75, 3.05) is 46.8 Å². The lowest BCUT2D eigenvalue weighted by molar-refractivity contribution is -0.138. The number of nitrogens with zero attached hydrogens (tertiary/aromatic N) is 3. The van der Waals surface area contributed by atoms with E-state index >= 15 is 0 Å². The van der Waals surface area contributed by atoms with Crippen molar-refractivity contribution in [1.29, 1.82) is 0 Å². The maximum atomic E-state index is 12.5. The van der Waals surface area contributed by atoms with Crippen LogP contribution in [0, 0.1) is 11.8 Å². The highest BCUT2D eigenvalue weighted by atomic mass is 16.4. The monoisotopic (exact) mass is 297 g/mol. The number of carbonyl (C=O) groups is 2. The van der Waals surface area contributed by atoms with Crippen LogP contribution in [0.1, 0.15) is 25.7 Å². The van der Waals surface area contributed by atoms with E-state index in [4.69, 9.17) is 5.11 Å². The lowest BCUT2D eigenvalue weighted by Crippen LogP contribution is -2.47. The Bertz CT molecular complexity index is 388. The quantitative estimate of drug-likeness (QED) is 0.846. The van der Waals surface area contributed by atoms with Gasteiger partial charge in [-0.05, 0) is 44.7 Å².